The lowest BCUT2D eigenvalue weighted by Gasteiger charge is -2.19. The zero-order valence-corrected chi connectivity index (χ0v) is 11.4. The molecule has 1 unspecified atom stereocenters. The van der Waals surface area contributed by atoms with Crippen LogP contribution in [0.3, 0.4) is 0 Å². The van der Waals surface area contributed by atoms with E-state index >= 15 is 0 Å². The van der Waals surface area contributed by atoms with Gasteiger partial charge in [0.2, 0.25) is 0 Å². The molecule has 21 heavy (non-hydrogen) atoms. The van der Waals surface area contributed by atoms with E-state index < -0.39 is 11.7 Å². The number of rotatable bonds is 4. The number of para-hydroxylation sites is 1. The second-order valence-corrected chi connectivity index (χ2v) is 4.92. The summed E-state index contributed by atoms with van der Waals surface area (Å²) in [6.45, 7) is 1.76. The van der Waals surface area contributed by atoms with Crippen molar-refractivity contribution in [3.8, 4) is 0 Å². The van der Waals surface area contributed by atoms with Crippen LogP contribution >= 0.6 is 0 Å². The van der Waals surface area contributed by atoms with Crippen LogP contribution in [0.4, 0.5) is 23.2 Å². The molecule has 0 amide bonds. The molecular formula is C16H15F4N. The lowest BCUT2D eigenvalue weighted by molar-refractivity contribution is -0.137. The minimum Gasteiger partial charge on any atom is -0.382 e. The molecular weight excluding hydrogens is 282 g/mol. The minimum atomic E-state index is -4.40. The Hall–Kier alpha value is -2.04. The Morgan fingerprint density at radius 2 is 1.76 bits per heavy atom. The molecule has 0 fully saturated rings. The first kappa shape index (κ1) is 15.4. The van der Waals surface area contributed by atoms with Crippen LogP contribution in [0.25, 0.3) is 0 Å². The molecule has 0 aliphatic carbocycles. The molecule has 112 valence electrons. The van der Waals surface area contributed by atoms with E-state index in [4.69, 9.17) is 0 Å². The third-order valence-corrected chi connectivity index (χ3v) is 3.07. The van der Waals surface area contributed by atoms with Crippen LogP contribution in [-0.4, -0.2) is 6.04 Å². The monoisotopic (exact) mass is 297 g/mol. The highest BCUT2D eigenvalue weighted by Gasteiger charge is 2.33. The summed E-state index contributed by atoms with van der Waals surface area (Å²) in [4.78, 5) is 0. The normalized spacial score (nSPS) is 13.0. The molecule has 0 radical (unpaired) electrons. The predicted molar refractivity (Wildman–Crippen MR) is 74.6 cm³/mol. The lowest BCUT2D eigenvalue weighted by atomic mass is 10.1. The van der Waals surface area contributed by atoms with Crippen LogP contribution in [0.1, 0.15) is 18.1 Å². The van der Waals surface area contributed by atoms with Crippen molar-refractivity contribution in [1.82, 2.24) is 0 Å². The van der Waals surface area contributed by atoms with Gasteiger partial charge in [-0.25, -0.2) is 4.39 Å². The molecule has 0 heterocycles. The maximum atomic E-state index is 13.1. The molecule has 0 saturated heterocycles. The molecule has 0 aliphatic rings. The molecule has 0 aliphatic heterocycles. The van der Waals surface area contributed by atoms with Crippen LogP contribution < -0.4 is 5.32 Å². The molecule has 5 heteroatoms. The smallest absolute Gasteiger partial charge is 0.382 e. The molecule has 0 saturated carbocycles. The van der Waals surface area contributed by atoms with E-state index in [1.807, 2.05) is 0 Å². The van der Waals surface area contributed by atoms with Crippen molar-refractivity contribution in [2.45, 2.75) is 25.6 Å². The van der Waals surface area contributed by atoms with Gasteiger partial charge in [-0.15, -0.1) is 0 Å². The molecule has 0 bridgehead atoms. The summed E-state index contributed by atoms with van der Waals surface area (Å²) in [5.41, 5.74) is 0.0736. The van der Waals surface area contributed by atoms with Gasteiger partial charge in [0.05, 0.1) is 5.56 Å². The molecule has 2 aromatic carbocycles. The van der Waals surface area contributed by atoms with Gasteiger partial charge in [-0.05, 0) is 43.2 Å². The number of nitrogens with one attached hydrogen (secondary N) is 1. The number of alkyl halides is 3. The van der Waals surface area contributed by atoms with E-state index in [2.05, 4.69) is 5.32 Å². The molecule has 1 atom stereocenters. The van der Waals surface area contributed by atoms with Gasteiger partial charge in [0.1, 0.15) is 5.82 Å². The third-order valence-electron chi connectivity index (χ3n) is 3.07. The zero-order valence-electron chi connectivity index (χ0n) is 11.4. The summed E-state index contributed by atoms with van der Waals surface area (Å²) >= 11 is 0. The molecule has 1 N–H and O–H groups in total. The Bertz CT molecular complexity index is 607. The van der Waals surface area contributed by atoms with Gasteiger partial charge >= 0.3 is 6.18 Å². The van der Waals surface area contributed by atoms with Crippen molar-refractivity contribution in [2.75, 3.05) is 5.32 Å². The Labute approximate surface area is 120 Å². The summed E-state index contributed by atoms with van der Waals surface area (Å²) in [5.74, 6) is -0.351. The molecule has 2 aromatic rings. The second kappa shape index (κ2) is 6.16. The fourth-order valence-electron chi connectivity index (χ4n) is 2.19. The summed E-state index contributed by atoms with van der Waals surface area (Å²) in [5, 5.41) is 2.84. The molecule has 0 spiro atoms. The first-order valence-electron chi connectivity index (χ1n) is 6.53. The number of halogens is 4. The van der Waals surface area contributed by atoms with Crippen molar-refractivity contribution < 1.29 is 17.6 Å². The fraction of sp³-hybridized carbons (Fsp3) is 0.250. The van der Waals surface area contributed by atoms with Gasteiger partial charge in [-0.2, -0.15) is 13.2 Å². The molecule has 2 rings (SSSR count). The highest BCUT2D eigenvalue weighted by Crippen LogP contribution is 2.34. The summed E-state index contributed by atoms with van der Waals surface area (Å²) in [6.07, 6.45) is -3.97. The van der Waals surface area contributed by atoms with Crippen LogP contribution in [0.2, 0.25) is 0 Å². The average Bonchev–Trinajstić information content (AvgIpc) is 2.37. The largest absolute Gasteiger partial charge is 0.418 e. The van der Waals surface area contributed by atoms with Crippen LogP contribution in [0.5, 0.6) is 0 Å². The quantitative estimate of drug-likeness (QED) is 0.792. The SMILES string of the molecule is CC(Cc1cccc(F)c1)Nc1ccccc1C(F)(F)F. The van der Waals surface area contributed by atoms with Gasteiger partial charge < -0.3 is 5.32 Å². The van der Waals surface area contributed by atoms with E-state index in [0.717, 1.165) is 11.6 Å². The average molecular weight is 297 g/mol. The Balaban J connectivity index is 2.11. The molecule has 0 aromatic heterocycles. The van der Waals surface area contributed by atoms with Gasteiger partial charge in [0.15, 0.2) is 0 Å². The number of benzene rings is 2. The first-order chi connectivity index (χ1) is 9.86. The van der Waals surface area contributed by atoms with E-state index in [0.29, 0.717) is 6.42 Å². The van der Waals surface area contributed by atoms with Crippen LogP contribution in [0, 0.1) is 5.82 Å². The van der Waals surface area contributed by atoms with Gasteiger partial charge in [-0.3, -0.25) is 0 Å². The standard InChI is InChI=1S/C16H15F4N/c1-11(9-12-5-4-6-13(17)10-12)21-15-8-3-2-7-14(15)16(18,19)20/h2-8,10-11,21H,9H2,1H3. The second-order valence-electron chi connectivity index (χ2n) is 4.92. The summed E-state index contributed by atoms with van der Waals surface area (Å²) in [7, 11) is 0. The Morgan fingerprint density at radius 1 is 1.05 bits per heavy atom. The predicted octanol–water partition coefficient (Wildman–Crippen LogP) is 4.89. The van der Waals surface area contributed by atoms with Crippen molar-refractivity contribution in [3.63, 3.8) is 0 Å². The van der Waals surface area contributed by atoms with Crippen molar-refractivity contribution in [1.29, 1.82) is 0 Å². The van der Waals surface area contributed by atoms with E-state index in [1.165, 1.54) is 24.3 Å². The van der Waals surface area contributed by atoms with Gasteiger partial charge in [0, 0.05) is 11.7 Å². The van der Waals surface area contributed by atoms with Crippen molar-refractivity contribution in [3.05, 3.63) is 65.5 Å². The summed E-state index contributed by atoms with van der Waals surface area (Å²) in [6, 6.07) is 11.1. The Kier molecular flexibility index (Phi) is 4.50. The van der Waals surface area contributed by atoms with Crippen molar-refractivity contribution >= 4 is 5.69 Å². The number of anilines is 1. The highest BCUT2D eigenvalue weighted by molar-refractivity contribution is 5.53. The maximum Gasteiger partial charge on any atom is 0.418 e. The number of hydrogen-bond donors (Lipinski definition) is 1. The third kappa shape index (κ3) is 4.21. The zero-order chi connectivity index (χ0) is 15.5. The fourth-order valence-corrected chi connectivity index (χ4v) is 2.19. The maximum absolute atomic E-state index is 13.1. The van der Waals surface area contributed by atoms with Crippen LogP contribution in [-0.2, 0) is 12.6 Å². The van der Waals surface area contributed by atoms with Crippen molar-refractivity contribution in [2.24, 2.45) is 0 Å². The van der Waals surface area contributed by atoms with E-state index in [9.17, 15) is 17.6 Å². The highest BCUT2D eigenvalue weighted by atomic mass is 19.4. The number of hydrogen-bond acceptors (Lipinski definition) is 1. The minimum absolute atomic E-state index is 0.0360. The van der Waals surface area contributed by atoms with Gasteiger partial charge in [0.25, 0.3) is 0 Å². The molecule has 1 nitrogen and oxygen atoms in total. The lowest BCUT2D eigenvalue weighted by Crippen LogP contribution is -2.21. The Morgan fingerprint density at radius 3 is 2.43 bits per heavy atom. The topological polar surface area (TPSA) is 12.0 Å². The van der Waals surface area contributed by atoms with Crippen LogP contribution in [0.15, 0.2) is 48.5 Å². The first-order valence-corrected chi connectivity index (χ1v) is 6.53. The van der Waals surface area contributed by atoms with Gasteiger partial charge in [-0.1, -0.05) is 24.3 Å². The summed E-state index contributed by atoms with van der Waals surface area (Å²) < 4.78 is 51.8. The van der Waals surface area contributed by atoms with E-state index in [-0.39, 0.29) is 17.5 Å². The van der Waals surface area contributed by atoms with E-state index in [1.54, 1.807) is 25.1 Å².